The summed E-state index contributed by atoms with van der Waals surface area (Å²) in [5.74, 6) is 3.11. The summed E-state index contributed by atoms with van der Waals surface area (Å²) in [7, 11) is 1.51. The number of hydrogen-bond donors (Lipinski definition) is 3. The highest BCUT2D eigenvalue weighted by Gasteiger charge is 2.13. The van der Waals surface area contributed by atoms with E-state index in [0.29, 0.717) is 6.61 Å². The Morgan fingerprint density at radius 3 is 2.50 bits per heavy atom. The molecule has 0 rings (SSSR count). The van der Waals surface area contributed by atoms with E-state index in [1.165, 1.54) is 7.11 Å². The quantitative estimate of drug-likeness (QED) is 0.203. The summed E-state index contributed by atoms with van der Waals surface area (Å²) in [5.41, 5.74) is 1.72. The van der Waals surface area contributed by atoms with Crippen LogP contribution in [0.1, 0.15) is 6.92 Å². The molecule has 1 atom stereocenters. The van der Waals surface area contributed by atoms with Gasteiger partial charge in [-0.25, -0.2) is 5.84 Å². The third kappa shape index (κ3) is 3.89. The largest absolute Gasteiger partial charge is 0.383 e. The molecule has 2 amide bonds. The number of hydrazine groups is 1. The monoisotopic (exact) mass is 175 g/mol. The SMILES string of the molecule is COCC(C)NC(=O)C(=O)NN. The molecule has 0 aromatic rings. The summed E-state index contributed by atoms with van der Waals surface area (Å²) in [4.78, 5) is 21.4. The van der Waals surface area contributed by atoms with Crippen molar-refractivity contribution in [2.24, 2.45) is 5.84 Å². The van der Waals surface area contributed by atoms with Crippen LogP contribution in [0.3, 0.4) is 0 Å². The van der Waals surface area contributed by atoms with Crippen molar-refractivity contribution in [3.63, 3.8) is 0 Å². The first-order chi connectivity index (χ1) is 5.61. The molecule has 0 radical (unpaired) electrons. The standard InChI is InChI=1S/C6H13N3O3/c1-4(3-12-2)8-5(10)6(11)9-7/h4H,3,7H2,1-2H3,(H,8,10)(H,9,11). The van der Waals surface area contributed by atoms with E-state index < -0.39 is 11.8 Å². The lowest BCUT2D eigenvalue weighted by atomic mass is 10.3. The van der Waals surface area contributed by atoms with Gasteiger partial charge in [-0.1, -0.05) is 0 Å². The first kappa shape index (κ1) is 10.9. The van der Waals surface area contributed by atoms with E-state index in [0.717, 1.165) is 0 Å². The van der Waals surface area contributed by atoms with Crippen molar-refractivity contribution in [3.8, 4) is 0 Å². The maximum Gasteiger partial charge on any atom is 0.323 e. The first-order valence-corrected chi connectivity index (χ1v) is 3.42. The van der Waals surface area contributed by atoms with E-state index in [9.17, 15) is 9.59 Å². The Bertz CT molecular complexity index is 171. The average molecular weight is 175 g/mol. The molecule has 0 aliphatic rings. The normalized spacial score (nSPS) is 11.9. The van der Waals surface area contributed by atoms with Crippen LogP contribution in [0.5, 0.6) is 0 Å². The van der Waals surface area contributed by atoms with Gasteiger partial charge < -0.3 is 10.1 Å². The van der Waals surface area contributed by atoms with Crippen molar-refractivity contribution in [1.29, 1.82) is 0 Å². The number of rotatable bonds is 3. The fourth-order valence-corrected chi connectivity index (χ4v) is 0.647. The van der Waals surface area contributed by atoms with E-state index in [2.05, 4.69) is 5.32 Å². The van der Waals surface area contributed by atoms with Crippen LogP contribution < -0.4 is 16.6 Å². The molecule has 0 heterocycles. The smallest absolute Gasteiger partial charge is 0.323 e. The fraction of sp³-hybridized carbons (Fsp3) is 0.667. The van der Waals surface area contributed by atoms with E-state index in [-0.39, 0.29) is 6.04 Å². The predicted molar refractivity (Wildman–Crippen MR) is 41.8 cm³/mol. The van der Waals surface area contributed by atoms with Crippen LogP contribution in [0.15, 0.2) is 0 Å². The van der Waals surface area contributed by atoms with Crippen LogP contribution in [-0.4, -0.2) is 31.6 Å². The molecule has 6 heteroatoms. The number of amides is 2. The summed E-state index contributed by atoms with van der Waals surface area (Å²) in [6.45, 7) is 2.06. The highest BCUT2D eigenvalue weighted by Crippen LogP contribution is 1.81. The van der Waals surface area contributed by atoms with Crippen molar-refractivity contribution < 1.29 is 14.3 Å². The molecule has 0 aromatic carbocycles. The van der Waals surface area contributed by atoms with Crippen molar-refractivity contribution >= 4 is 11.8 Å². The third-order valence-corrected chi connectivity index (χ3v) is 1.13. The summed E-state index contributed by atoms with van der Waals surface area (Å²) in [6, 6.07) is -0.209. The van der Waals surface area contributed by atoms with Gasteiger partial charge in [0.25, 0.3) is 0 Å². The Morgan fingerprint density at radius 1 is 1.50 bits per heavy atom. The number of nitrogens with one attached hydrogen (secondary N) is 2. The minimum atomic E-state index is -0.863. The minimum absolute atomic E-state index is 0.209. The second-order valence-corrected chi connectivity index (χ2v) is 2.30. The van der Waals surface area contributed by atoms with Crippen molar-refractivity contribution in [3.05, 3.63) is 0 Å². The summed E-state index contributed by atoms with van der Waals surface area (Å²) >= 11 is 0. The summed E-state index contributed by atoms with van der Waals surface area (Å²) in [6.07, 6.45) is 0. The lowest BCUT2D eigenvalue weighted by molar-refractivity contribution is -0.139. The molecule has 4 N–H and O–H groups in total. The van der Waals surface area contributed by atoms with Crippen LogP contribution >= 0.6 is 0 Å². The van der Waals surface area contributed by atoms with Gasteiger partial charge in [-0.05, 0) is 6.92 Å². The van der Waals surface area contributed by atoms with Gasteiger partial charge in [0.05, 0.1) is 6.61 Å². The van der Waals surface area contributed by atoms with Crippen molar-refractivity contribution in [2.75, 3.05) is 13.7 Å². The fourth-order valence-electron chi connectivity index (χ4n) is 0.647. The van der Waals surface area contributed by atoms with E-state index in [1.807, 2.05) is 0 Å². The van der Waals surface area contributed by atoms with Crippen LogP contribution in [0.2, 0.25) is 0 Å². The van der Waals surface area contributed by atoms with Crippen LogP contribution in [-0.2, 0) is 14.3 Å². The zero-order chi connectivity index (χ0) is 9.56. The van der Waals surface area contributed by atoms with Gasteiger partial charge in [0.2, 0.25) is 0 Å². The van der Waals surface area contributed by atoms with Gasteiger partial charge >= 0.3 is 11.8 Å². The highest BCUT2D eigenvalue weighted by molar-refractivity contribution is 6.34. The maximum absolute atomic E-state index is 10.8. The minimum Gasteiger partial charge on any atom is -0.383 e. The number of hydrogen-bond acceptors (Lipinski definition) is 4. The molecule has 0 saturated heterocycles. The lowest BCUT2D eigenvalue weighted by Gasteiger charge is -2.10. The zero-order valence-electron chi connectivity index (χ0n) is 7.09. The lowest BCUT2D eigenvalue weighted by Crippen LogP contribution is -2.47. The van der Waals surface area contributed by atoms with Crippen LogP contribution in [0.25, 0.3) is 0 Å². The van der Waals surface area contributed by atoms with Gasteiger partial charge in [-0.2, -0.15) is 0 Å². The number of carbonyl (C=O) groups excluding carboxylic acids is 2. The zero-order valence-corrected chi connectivity index (χ0v) is 7.09. The Labute approximate surface area is 70.4 Å². The van der Waals surface area contributed by atoms with Crippen molar-refractivity contribution in [2.45, 2.75) is 13.0 Å². The first-order valence-electron chi connectivity index (χ1n) is 3.42. The number of carbonyl (C=O) groups is 2. The number of methoxy groups -OCH3 is 1. The molecular weight excluding hydrogens is 162 g/mol. The Kier molecular flexibility index (Phi) is 4.98. The third-order valence-electron chi connectivity index (χ3n) is 1.13. The molecule has 12 heavy (non-hydrogen) atoms. The molecular formula is C6H13N3O3. The molecule has 1 unspecified atom stereocenters. The second-order valence-electron chi connectivity index (χ2n) is 2.30. The van der Waals surface area contributed by atoms with Gasteiger partial charge in [0.1, 0.15) is 0 Å². The van der Waals surface area contributed by atoms with Crippen molar-refractivity contribution in [1.82, 2.24) is 10.7 Å². The van der Waals surface area contributed by atoms with Crippen LogP contribution in [0, 0.1) is 0 Å². The molecule has 6 nitrogen and oxygen atoms in total. The second kappa shape index (κ2) is 5.50. The molecule has 0 aliphatic heterocycles. The molecule has 0 fully saturated rings. The molecule has 0 bridgehead atoms. The molecule has 0 spiro atoms. The van der Waals surface area contributed by atoms with Gasteiger partial charge in [0, 0.05) is 13.2 Å². The van der Waals surface area contributed by atoms with Gasteiger partial charge in [0.15, 0.2) is 0 Å². The summed E-state index contributed by atoms with van der Waals surface area (Å²) in [5, 5.41) is 2.38. The molecule has 70 valence electrons. The number of nitrogens with two attached hydrogens (primary N) is 1. The Balaban J connectivity index is 3.76. The highest BCUT2D eigenvalue weighted by atomic mass is 16.5. The molecule has 0 saturated carbocycles. The molecule has 0 aliphatic carbocycles. The van der Waals surface area contributed by atoms with Gasteiger partial charge in [-0.15, -0.1) is 0 Å². The van der Waals surface area contributed by atoms with E-state index in [1.54, 1.807) is 12.3 Å². The Hall–Kier alpha value is -1.14. The Morgan fingerprint density at radius 2 is 2.08 bits per heavy atom. The topological polar surface area (TPSA) is 93.4 Å². The average Bonchev–Trinajstić information content (AvgIpc) is 2.03. The van der Waals surface area contributed by atoms with Gasteiger partial charge in [-0.3, -0.25) is 15.0 Å². The maximum atomic E-state index is 10.8. The van der Waals surface area contributed by atoms with E-state index in [4.69, 9.17) is 10.6 Å². The number of ether oxygens (including phenoxy) is 1. The predicted octanol–water partition coefficient (Wildman–Crippen LogP) is -1.87. The van der Waals surface area contributed by atoms with E-state index >= 15 is 0 Å². The van der Waals surface area contributed by atoms with Crippen LogP contribution in [0.4, 0.5) is 0 Å². The molecule has 0 aromatic heterocycles. The summed E-state index contributed by atoms with van der Waals surface area (Å²) < 4.78 is 4.74.